The van der Waals surface area contributed by atoms with Crippen LogP contribution in [0.4, 0.5) is 0 Å². The van der Waals surface area contributed by atoms with Crippen LogP contribution in [-0.4, -0.2) is 0 Å². The zero-order chi connectivity index (χ0) is 30.8. The van der Waals surface area contributed by atoms with Crippen LogP contribution in [0.2, 0.25) is 0 Å². The summed E-state index contributed by atoms with van der Waals surface area (Å²) in [4.78, 5) is 0. The second kappa shape index (κ2) is 12.4. The maximum Gasteiger partial charge on any atom is 0.0434 e. The molecule has 7 rings (SSSR count). The minimum Gasteiger partial charge on any atom is -0.135 e. The van der Waals surface area contributed by atoms with Crippen LogP contribution in [-0.2, 0) is 0 Å². The first-order chi connectivity index (χ1) is 22.1. The Morgan fingerprint density at radius 2 is 1.18 bits per heavy atom. The Kier molecular flexibility index (Phi) is 7.86. The second-order valence-electron chi connectivity index (χ2n) is 11.3. The summed E-state index contributed by atoms with van der Waals surface area (Å²) in [5.41, 5.74) is 8.06. The van der Waals surface area contributed by atoms with E-state index in [9.17, 15) is 0 Å². The van der Waals surface area contributed by atoms with Gasteiger partial charge in [-0.25, -0.2) is 0 Å². The van der Waals surface area contributed by atoms with E-state index in [4.69, 9.17) is 0 Å². The van der Waals surface area contributed by atoms with Crippen molar-refractivity contribution >= 4 is 58.6 Å². The number of allylic oxidation sites excluding steroid dienone is 8. The Labute approximate surface area is 269 Å². The summed E-state index contributed by atoms with van der Waals surface area (Å²) in [6, 6.07) is 42.1. The molecule has 0 saturated carbocycles. The number of thiophene rings is 1. The minimum atomic E-state index is 0.942. The molecule has 0 atom stereocenters. The lowest BCUT2D eigenvalue weighted by Gasteiger charge is -2.18. The standard InChI is InChI=1S/C44H34S/c1-4-5-6-7-15-30(2)24-25-31(3)32-26-28-33(29-27-32)42-35-17-8-10-19-37(35)43(38-20-11-9-18-36(38)42)40-22-14-21-39-34-16-12-13-23-41(34)45-44(39)40/h5-29H,2-4H2,1H3/b6-5-,15-7-,25-24-. The van der Waals surface area contributed by atoms with Gasteiger partial charge < -0.3 is 0 Å². The summed E-state index contributed by atoms with van der Waals surface area (Å²) in [6.45, 7) is 10.6. The molecule has 0 fully saturated rings. The van der Waals surface area contributed by atoms with Gasteiger partial charge in [-0.15, -0.1) is 11.3 Å². The van der Waals surface area contributed by atoms with Crippen molar-refractivity contribution in [3.05, 3.63) is 176 Å². The van der Waals surface area contributed by atoms with E-state index < -0.39 is 0 Å². The lowest BCUT2D eigenvalue weighted by atomic mass is 9.85. The third kappa shape index (κ3) is 5.37. The Bertz CT molecular complexity index is 2260. The van der Waals surface area contributed by atoms with Crippen molar-refractivity contribution in [2.45, 2.75) is 13.3 Å². The molecule has 0 radical (unpaired) electrons. The van der Waals surface area contributed by atoms with Crippen LogP contribution in [0, 0.1) is 0 Å². The van der Waals surface area contributed by atoms with Gasteiger partial charge in [-0.1, -0.05) is 166 Å². The van der Waals surface area contributed by atoms with E-state index in [1.807, 2.05) is 35.6 Å². The van der Waals surface area contributed by atoms with Crippen molar-refractivity contribution in [3.63, 3.8) is 0 Å². The number of benzene rings is 6. The van der Waals surface area contributed by atoms with Crippen LogP contribution < -0.4 is 0 Å². The molecule has 1 heteroatoms. The third-order valence-electron chi connectivity index (χ3n) is 8.44. The van der Waals surface area contributed by atoms with E-state index in [2.05, 4.69) is 147 Å². The normalized spacial score (nSPS) is 12.1. The molecular formula is C44H34S. The average Bonchev–Trinajstić information content (AvgIpc) is 3.47. The fourth-order valence-corrected chi connectivity index (χ4v) is 7.50. The second-order valence-corrected chi connectivity index (χ2v) is 12.4. The number of fused-ring (bicyclic) bond motifs is 5. The van der Waals surface area contributed by atoms with Crippen molar-refractivity contribution in [2.75, 3.05) is 0 Å². The topological polar surface area (TPSA) is 0 Å². The van der Waals surface area contributed by atoms with Crippen LogP contribution >= 0.6 is 11.3 Å². The molecule has 0 N–H and O–H groups in total. The van der Waals surface area contributed by atoms with Crippen LogP contribution in [0.15, 0.2) is 170 Å². The lowest BCUT2D eigenvalue weighted by molar-refractivity contribution is 1.22. The summed E-state index contributed by atoms with van der Waals surface area (Å²) < 4.78 is 2.67. The average molecular weight is 595 g/mol. The molecule has 1 aromatic heterocycles. The molecule has 0 aliphatic carbocycles. The molecule has 0 saturated heterocycles. The molecule has 0 bridgehead atoms. The van der Waals surface area contributed by atoms with E-state index >= 15 is 0 Å². The largest absolute Gasteiger partial charge is 0.135 e. The Hall–Kier alpha value is -5.24. The summed E-state index contributed by atoms with van der Waals surface area (Å²) in [5, 5.41) is 7.71. The Morgan fingerprint density at radius 1 is 0.578 bits per heavy atom. The van der Waals surface area contributed by atoms with Crippen LogP contribution in [0.25, 0.3) is 69.5 Å². The van der Waals surface area contributed by atoms with Crippen LogP contribution in [0.3, 0.4) is 0 Å². The molecule has 6 aromatic carbocycles. The lowest BCUT2D eigenvalue weighted by Crippen LogP contribution is -1.91. The SMILES string of the molecule is C=C(/C=C\C=C/CC)/C=C\C(=C)c1ccc(-c2c3ccccc3c(-c3cccc4c3sc3ccccc34)c3ccccc23)cc1. The van der Waals surface area contributed by atoms with Gasteiger partial charge in [0.25, 0.3) is 0 Å². The summed E-state index contributed by atoms with van der Waals surface area (Å²) in [7, 11) is 0. The summed E-state index contributed by atoms with van der Waals surface area (Å²) in [6.07, 6.45) is 13.3. The predicted octanol–water partition coefficient (Wildman–Crippen LogP) is 13.3. The molecule has 0 spiro atoms. The van der Waals surface area contributed by atoms with E-state index in [1.165, 1.54) is 64.0 Å². The fraction of sp³-hybridized carbons (Fsp3) is 0.0455. The van der Waals surface area contributed by atoms with Gasteiger partial charge in [-0.05, 0) is 67.4 Å². The Morgan fingerprint density at radius 3 is 1.84 bits per heavy atom. The number of hydrogen-bond donors (Lipinski definition) is 0. The first kappa shape index (κ1) is 28.5. The zero-order valence-corrected chi connectivity index (χ0v) is 26.3. The molecule has 0 aliphatic heterocycles. The van der Waals surface area contributed by atoms with Gasteiger partial charge in [-0.2, -0.15) is 0 Å². The first-order valence-electron chi connectivity index (χ1n) is 15.5. The summed E-state index contributed by atoms with van der Waals surface area (Å²) in [5.74, 6) is 0. The van der Waals surface area contributed by atoms with Gasteiger partial charge in [0.2, 0.25) is 0 Å². The predicted molar refractivity (Wildman–Crippen MR) is 201 cm³/mol. The van der Waals surface area contributed by atoms with Gasteiger partial charge in [-0.3, -0.25) is 0 Å². The highest BCUT2D eigenvalue weighted by Gasteiger charge is 2.19. The summed E-state index contributed by atoms with van der Waals surface area (Å²) >= 11 is 1.89. The maximum atomic E-state index is 4.33. The highest BCUT2D eigenvalue weighted by molar-refractivity contribution is 7.26. The van der Waals surface area contributed by atoms with Gasteiger partial charge >= 0.3 is 0 Å². The first-order valence-corrected chi connectivity index (χ1v) is 16.3. The van der Waals surface area contributed by atoms with E-state index in [0.29, 0.717) is 0 Å². The molecule has 1 heterocycles. The highest BCUT2D eigenvalue weighted by atomic mass is 32.1. The third-order valence-corrected chi connectivity index (χ3v) is 9.66. The van der Waals surface area contributed by atoms with Crippen molar-refractivity contribution in [2.24, 2.45) is 0 Å². The van der Waals surface area contributed by atoms with Gasteiger partial charge in [0, 0.05) is 25.7 Å². The van der Waals surface area contributed by atoms with Crippen LogP contribution in [0.5, 0.6) is 0 Å². The maximum absolute atomic E-state index is 4.33. The number of rotatable bonds is 8. The van der Waals surface area contributed by atoms with Crippen molar-refractivity contribution in [1.29, 1.82) is 0 Å². The van der Waals surface area contributed by atoms with Crippen molar-refractivity contribution in [3.8, 4) is 22.3 Å². The molecule has 0 nitrogen and oxygen atoms in total. The van der Waals surface area contributed by atoms with E-state index in [0.717, 1.165) is 23.1 Å². The smallest absolute Gasteiger partial charge is 0.0434 e. The zero-order valence-electron chi connectivity index (χ0n) is 25.5. The molecule has 0 unspecified atom stereocenters. The van der Waals surface area contributed by atoms with E-state index in [1.54, 1.807) is 0 Å². The molecule has 0 amide bonds. The van der Waals surface area contributed by atoms with Crippen molar-refractivity contribution < 1.29 is 0 Å². The molecule has 216 valence electrons. The van der Waals surface area contributed by atoms with Crippen molar-refractivity contribution in [1.82, 2.24) is 0 Å². The Balaban J connectivity index is 1.34. The fourth-order valence-electron chi connectivity index (χ4n) is 6.28. The molecule has 0 aliphatic rings. The minimum absolute atomic E-state index is 0.942. The van der Waals surface area contributed by atoms with Gasteiger partial charge in [0.1, 0.15) is 0 Å². The molecule has 45 heavy (non-hydrogen) atoms. The monoisotopic (exact) mass is 594 g/mol. The molecule has 7 aromatic rings. The highest BCUT2D eigenvalue weighted by Crippen LogP contribution is 2.47. The van der Waals surface area contributed by atoms with Crippen LogP contribution in [0.1, 0.15) is 18.9 Å². The quantitative estimate of drug-likeness (QED) is 0.121. The number of hydrogen-bond acceptors (Lipinski definition) is 1. The van der Waals surface area contributed by atoms with E-state index in [-0.39, 0.29) is 0 Å². The van der Waals surface area contributed by atoms with Gasteiger partial charge in [0.15, 0.2) is 0 Å². The molecular weight excluding hydrogens is 561 g/mol. The van der Waals surface area contributed by atoms with Gasteiger partial charge in [0.05, 0.1) is 0 Å².